The Labute approximate surface area is 117 Å². The van der Waals surface area contributed by atoms with E-state index in [4.69, 9.17) is 5.73 Å². The summed E-state index contributed by atoms with van der Waals surface area (Å²) in [6.07, 6.45) is 8.09. The fraction of sp³-hybridized carbons (Fsp3) is 0.667. The molecule has 0 spiro atoms. The molecule has 0 bridgehead atoms. The molecule has 1 nitrogen and oxygen atoms in total. The molecule has 0 radical (unpaired) electrons. The Morgan fingerprint density at radius 3 is 2.32 bits per heavy atom. The van der Waals surface area contributed by atoms with Crippen LogP contribution in [0.3, 0.4) is 0 Å². The van der Waals surface area contributed by atoms with Crippen LogP contribution in [-0.4, -0.2) is 6.04 Å². The van der Waals surface area contributed by atoms with Crippen molar-refractivity contribution in [3.63, 3.8) is 0 Å². The van der Waals surface area contributed by atoms with Crippen molar-refractivity contribution in [2.75, 3.05) is 0 Å². The van der Waals surface area contributed by atoms with Gasteiger partial charge in [-0.05, 0) is 55.6 Å². The minimum absolute atomic E-state index is 0.288. The van der Waals surface area contributed by atoms with Crippen molar-refractivity contribution in [1.29, 1.82) is 0 Å². The van der Waals surface area contributed by atoms with Crippen molar-refractivity contribution in [2.24, 2.45) is 11.7 Å². The Morgan fingerprint density at radius 1 is 1.11 bits per heavy atom. The van der Waals surface area contributed by atoms with Crippen LogP contribution in [-0.2, 0) is 5.41 Å². The fourth-order valence-corrected chi connectivity index (χ4v) is 3.98. The molecule has 1 atom stereocenters. The van der Waals surface area contributed by atoms with E-state index in [0.717, 1.165) is 11.8 Å². The second-order valence-corrected chi connectivity index (χ2v) is 6.99. The van der Waals surface area contributed by atoms with Crippen molar-refractivity contribution in [2.45, 2.75) is 69.7 Å². The molecular formula is C18H27N. The van der Waals surface area contributed by atoms with Crippen molar-refractivity contribution in [3.05, 3.63) is 35.4 Å². The summed E-state index contributed by atoms with van der Waals surface area (Å²) in [6.45, 7) is 4.58. The molecule has 2 saturated carbocycles. The van der Waals surface area contributed by atoms with E-state index in [2.05, 4.69) is 38.1 Å². The lowest BCUT2D eigenvalue weighted by Crippen LogP contribution is -2.32. The van der Waals surface area contributed by atoms with Gasteiger partial charge in [0.25, 0.3) is 0 Å². The van der Waals surface area contributed by atoms with Crippen LogP contribution in [0.4, 0.5) is 0 Å². The normalized spacial score (nSPS) is 30.9. The number of hydrogen-bond donors (Lipinski definition) is 1. The van der Waals surface area contributed by atoms with Gasteiger partial charge in [0.2, 0.25) is 0 Å². The van der Waals surface area contributed by atoms with E-state index in [0.29, 0.717) is 5.41 Å². The highest BCUT2D eigenvalue weighted by Gasteiger charge is 2.48. The van der Waals surface area contributed by atoms with Gasteiger partial charge in [0.1, 0.15) is 0 Å². The largest absolute Gasteiger partial charge is 0.327 e. The predicted molar refractivity (Wildman–Crippen MR) is 81.4 cm³/mol. The van der Waals surface area contributed by atoms with Crippen LogP contribution in [0, 0.1) is 5.92 Å². The summed E-state index contributed by atoms with van der Waals surface area (Å²) in [4.78, 5) is 0. The van der Waals surface area contributed by atoms with Crippen LogP contribution < -0.4 is 5.73 Å². The van der Waals surface area contributed by atoms with Gasteiger partial charge in [-0.25, -0.2) is 0 Å². The van der Waals surface area contributed by atoms with Crippen LogP contribution >= 0.6 is 0 Å². The average molecular weight is 257 g/mol. The van der Waals surface area contributed by atoms with Crippen LogP contribution in [0.15, 0.2) is 24.3 Å². The van der Waals surface area contributed by atoms with E-state index in [1.165, 1.54) is 38.5 Å². The SMILES string of the molecule is CC1CCC(c2ccccc2C2(C(C)N)CC2)CC1. The molecule has 2 aliphatic rings. The highest BCUT2D eigenvalue weighted by Crippen LogP contribution is 2.53. The fourth-order valence-electron chi connectivity index (χ4n) is 3.98. The van der Waals surface area contributed by atoms with E-state index in [1.807, 2.05) is 0 Å². The van der Waals surface area contributed by atoms with Gasteiger partial charge < -0.3 is 5.73 Å². The monoisotopic (exact) mass is 257 g/mol. The molecule has 0 aliphatic heterocycles. The molecule has 19 heavy (non-hydrogen) atoms. The highest BCUT2D eigenvalue weighted by molar-refractivity contribution is 5.42. The summed E-state index contributed by atoms with van der Waals surface area (Å²) in [5.74, 6) is 1.70. The molecule has 2 fully saturated rings. The molecule has 2 N–H and O–H groups in total. The van der Waals surface area contributed by atoms with Crippen molar-refractivity contribution >= 4 is 0 Å². The average Bonchev–Trinajstić information content (AvgIpc) is 3.21. The standard InChI is InChI=1S/C18H27N/c1-13-7-9-15(10-8-13)16-5-3-4-6-17(16)18(11-12-18)14(2)19/h3-6,13-15H,7-12,19H2,1-2H3. The Morgan fingerprint density at radius 2 is 1.74 bits per heavy atom. The Bertz CT molecular complexity index is 437. The Kier molecular flexibility index (Phi) is 3.42. The maximum atomic E-state index is 6.29. The predicted octanol–water partition coefficient (Wildman–Crippen LogP) is 4.36. The summed E-state index contributed by atoms with van der Waals surface area (Å²) < 4.78 is 0. The van der Waals surface area contributed by atoms with Gasteiger partial charge >= 0.3 is 0 Å². The molecule has 0 amide bonds. The minimum atomic E-state index is 0.288. The second-order valence-electron chi connectivity index (χ2n) is 6.99. The second kappa shape index (κ2) is 4.94. The van der Waals surface area contributed by atoms with Gasteiger partial charge in [0, 0.05) is 11.5 Å². The highest BCUT2D eigenvalue weighted by atomic mass is 14.7. The third kappa shape index (κ3) is 2.33. The summed E-state index contributed by atoms with van der Waals surface area (Å²) in [6, 6.07) is 9.43. The first-order valence-electron chi connectivity index (χ1n) is 7.98. The lowest BCUT2D eigenvalue weighted by Gasteiger charge is -2.31. The first kappa shape index (κ1) is 13.2. The van der Waals surface area contributed by atoms with Gasteiger partial charge in [-0.1, -0.05) is 44.0 Å². The molecule has 1 heteroatoms. The van der Waals surface area contributed by atoms with Crippen molar-refractivity contribution < 1.29 is 0 Å². The van der Waals surface area contributed by atoms with Gasteiger partial charge in [-0.2, -0.15) is 0 Å². The molecule has 0 saturated heterocycles. The van der Waals surface area contributed by atoms with Crippen molar-refractivity contribution in [1.82, 2.24) is 0 Å². The molecule has 1 aromatic carbocycles. The van der Waals surface area contributed by atoms with Gasteiger partial charge in [0.15, 0.2) is 0 Å². The van der Waals surface area contributed by atoms with Gasteiger partial charge in [-0.15, -0.1) is 0 Å². The van der Waals surface area contributed by atoms with Crippen LogP contribution in [0.25, 0.3) is 0 Å². The van der Waals surface area contributed by atoms with Gasteiger partial charge in [0.05, 0.1) is 0 Å². The molecule has 3 rings (SSSR count). The van der Waals surface area contributed by atoms with Crippen molar-refractivity contribution in [3.8, 4) is 0 Å². The summed E-state index contributed by atoms with van der Waals surface area (Å²) in [7, 11) is 0. The van der Waals surface area contributed by atoms with E-state index < -0.39 is 0 Å². The maximum absolute atomic E-state index is 6.29. The van der Waals surface area contributed by atoms with E-state index in [-0.39, 0.29) is 6.04 Å². The number of rotatable bonds is 3. The Hall–Kier alpha value is -0.820. The first-order chi connectivity index (χ1) is 9.13. The molecule has 104 valence electrons. The minimum Gasteiger partial charge on any atom is -0.327 e. The summed E-state index contributed by atoms with van der Waals surface area (Å²) >= 11 is 0. The van der Waals surface area contributed by atoms with Crippen LogP contribution in [0.1, 0.15) is 69.4 Å². The van der Waals surface area contributed by atoms with Crippen LogP contribution in [0.5, 0.6) is 0 Å². The summed E-state index contributed by atoms with van der Waals surface area (Å²) in [5.41, 5.74) is 9.78. The lowest BCUT2D eigenvalue weighted by atomic mass is 9.75. The summed E-state index contributed by atoms with van der Waals surface area (Å²) in [5, 5.41) is 0. The van der Waals surface area contributed by atoms with E-state index in [9.17, 15) is 0 Å². The zero-order chi connectivity index (χ0) is 13.5. The number of hydrogen-bond acceptors (Lipinski definition) is 1. The zero-order valence-corrected chi connectivity index (χ0v) is 12.4. The topological polar surface area (TPSA) is 26.0 Å². The van der Waals surface area contributed by atoms with Gasteiger partial charge in [-0.3, -0.25) is 0 Å². The number of nitrogens with two attached hydrogens (primary N) is 1. The third-order valence-electron chi connectivity index (χ3n) is 5.61. The lowest BCUT2D eigenvalue weighted by molar-refractivity contribution is 0.345. The third-order valence-corrected chi connectivity index (χ3v) is 5.61. The molecule has 0 heterocycles. The number of benzene rings is 1. The van der Waals surface area contributed by atoms with Crippen LogP contribution in [0.2, 0.25) is 0 Å². The molecule has 2 aliphatic carbocycles. The smallest absolute Gasteiger partial charge is 0.0108 e. The maximum Gasteiger partial charge on any atom is 0.0108 e. The first-order valence-corrected chi connectivity index (χ1v) is 7.98. The molecule has 1 aromatic rings. The molecule has 0 aromatic heterocycles. The quantitative estimate of drug-likeness (QED) is 0.855. The molecule has 1 unspecified atom stereocenters. The molecular weight excluding hydrogens is 230 g/mol. The zero-order valence-electron chi connectivity index (χ0n) is 12.4. The Balaban J connectivity index is 1.90. The van der Waals surface area contributed by atoms with E-state index >= 15 is 0 Å². The van der Waals surface area contributed by atoms with E-state index in [1.54, 1.807) is 11.1 Å².